The second kappa shape index (κ2) is 16.4. The summed E-state index contributed by atoms with van der Waals surface area (Å²) in [6.45, 7) is 0. The SMILES string of the molecule is O=[N+]([O-])c1cc2[nH]c1c(-c1c(Cl)cccc1Cl)c1nc(c(-c3c(Cl)cccc3Cl)c3cc([N+](=O)[O-])c([nH]3)c(-c3c(Cl)cccc3Cl)c3nc(c2-c2c(Cl)cccc2Cl)C=C3)C=C1. The lowest BCUT2D eigenvalue weighted by Crippen LogP contribution is -1.93. The minimum atomic E-state index is -0.556. The van der Waals surface area contributed by atoms with Gasteiger partial charge in [0.25, 0.3) is 11.4 Å². The Labute approximate surface area is 390 Å². The Hall–Kier alpha value is -5.40. The van der Waals surface area contributed by atoms with Crippen molar-refractivity contribution in [2.75, 3.05) is 0 Å². The van der Waals surface area contributed by atoms with E-state index in [1.807, 2.05) is 0 Å². The largest absolute Gasteiger partial charge is 0.349 e. The molecule has 8 bridgehead atoms. The molecule has 0 radical (unpaired) electrons. The Balaban J connectivity index is 1.64. The fourth-order valence-electron chi connectivity index (χ4n) is 7.62. The molecule has 5 heterocycles. The topological polar surface area (TPSA) is 144 Å². The summed E-state index contributed by atoms with van der Waals surface area (Å²) >= 11 is 55.2. The van der Waals surface area contributed by atoms with Crippen LogP contribution in [-0.4, -0.2) is 29.8 Å². The lowest BCUT2D eigenvalue weighted by atomic mass is 10.0. The van der Waals surface area contributed by atoms with Crippen LogP contribution in [0, 0.1) is 20.2 Å². The number of halogens is 8. The van der Waals surface area contributed by atoms with Crippen LogP contribution in [0.15, 0.2) is 84.9 Å². The molecular weight excluding hydrogens is 960 g/mol. The number of hydrogen-bond donors (Lipinski definition) is 2. The van der Waals surface area contributed by atoms with Crippen LogP contribution in [0.1, 0.15) is 22.8 Å². The fourth-order valence-corrected chi connectivity index (χ4v) is 9.96. The molecule has 0 spiro atoms. The second-order valence-electron chi connectivity index (χ2n) is 13.7. The highest BCUT2D eigenvalue weighted by Gasteiger charge is 2.30. The van der Waals surface area contributed by atoms with Crippen molar-refractivity contribution in [3.05, 3.63) is 168 Å². The number of nitro groups is 2. The molecule has 10 nitrogen and oxygen atoms in total. The van der Waals surface area contributed by atoms with E-state index in [0.29, 0.717) is 0 Å². The van der Waals surface area contributed by atoms with Crippen molar-refractivity contribution >= 4 is 151 Å². The van der Waals surface area contributed by atoms with Crippen LogP contribution < -0.4 is 0 Å². The summed E-state index contributed by atoms with van der Waals surface area (Å²) in [4.78, 5) is 41.9. The van der Waals surface area contributed by atoms with Gasteiger partial charge in [0.05, 0.1) is 83.8 Å². The minimum Gasteiger partial charge on any atom is -0.349 e. The fraction of sp³-hybridized carbons (Fsp3) is 0. The molecule has 0 saturated heterocycles. The van der Waals surface area contributed by atoms with Gasteiger partial charge in [-0.2, -0.15) is 0 Å². The molecule has 0 unspecified atom stereocenters. The van der Waals surface area contributed by atoms with E-state index in [9.17, 15) is 20.2 Å². The van der Waals surface area contributed by atoms with Crippen molar-refractivity contribution in [3.63, 3.8) is 0 Å². The zero-order valence-electron chi connectivity index (χ0n) is 30.8. The predicted octanol–water partition coefficient (Wildman–Crippen LogP) is 16.4. The third-order valence-corrected chi connectivity index (χ3v) is 12.7. The van der Waals surface area contributed by atoms with E-state index in [1.54, 1.807) is 97.1 Å². The van der Waals surface area contributed by atoms with Gasteiger partial charge in [-0.1, -0.05) is 117 Å². The maximum atomic E-state index is 13.2. The van der Waals surface area contributed by atoms with E-state index in [2.05, 4.69) is 9.97 Å². The highest BCUT2D eigenvalue weighted by Crippen LogP contribution is 2.49. The lowest BCUT2D eigenvalue weighted by molar-refractivity contribution is -0.383. The second-order valence-corrected chi connectivity index (χ2v) is 17.0. The number of nitrogens with one attached hydrogen (secondary N) is 2. The first-order chi connectivity index (χ1) is 29.7. The van der Waals surface area contributed by atoms with E-state index in [-0.39, 0.29) is 141 Å². The van der Waals surface area contributed by atoms with Gasteiger partial charge in [0, 0.05) is 56.6 Å². The van der Waals surface area contributed by atoms with Crippen molar-refractivity contribution in [3.8, 4) is 44.5 Å². The molecular formula is C44H20Cl8N6O4. The first kappa shape index (κ1) is 41.9. The first-order valence-corrected chi connectivity index (χ1v) is 21.1. The molecule has 4 aromatic carbocycles. The minimum absolute atomic E-state index is 0.0329. The van der Waals surface area contributed by atoms with Gasteiger partial charge in [-0.3, -0.25) is 20.2 Å². The monoisotopic (exact) mass is 976 g/mol. The molecule has 306 valence electrons. The summed E-state index contributed by atoms with van der Waals surface area (Å²) in [5.74, 6) is 0. The number of rotatable bonds is 6. The van der Waals surface area contributed by atoms with Gasteiger partial charge in [-0.05, 0) is 72.8 Å². The summed E-state index contributed by atoms with van der Waals surface area (Å²) < 4.78 is 0. The van der Waals surface area contributed by atoms with Crippen LogP contribution in [-0.2, 0) is 0 Å². The Morgan fingerprint density at radius 2 is 0.629 bits per heavy atom. The van der Waals surface area contributed by atoms with Gasteiger partial charge < -0.3 is 9.97 Å². The van der Waals surface area contributed by atoms with Crippen molar-refractivity contribution in [1.29, 1.82) is 0 Å². The highest BCUT2D eigenvalue weighted by atomic mass is 35.5. The zero-order chi connectivity index (χ0) is 43.7. The van der Waals surface area contributed by atoms with Crippen LogP contribution >= 0.6 is 92.8 Å². The number of aromatic amines is 2. The Kier molecular flexibility index (Phi) is 11.1. The molecule has 0 fully saturated rings. The number of nitrogens with zero attached hydrogens (tertiary/aromatic N) is 4. The summed E-state index contributed by atoms with van der Waals surface area (Å²) in [7, 11) is 0. The molecule has 18 heteroatoms. The van der Waals surface area contributed by atoms with Gasteiger partial charge in [-0.25, -0.2) is 9.97 Å². The van der Waals surface area contributed by atoms with E-state index in [0.717, 1.165) is 0 Å². The van der Waals surface area contributed by atoms with Crippen LogP contribution in [0.3, 0.4) is 0 Å². The quantitative estimate of drug-likeness (QED) is 0.125. The highest BCUT2D eigenvalue weighted by molar-refractivity contribution is 6.42. The van der Waals surface area contributed by atoms with Gasteiger partial charge in [-0.15, -0.1) is 0 Å². The van der Waals surface area contributed by atoms with Gasteiger partial charge in [0.15, 0.2) is 0 Å². The predicted molar refractivity (Wildman–Crippen MR) is 254 cm³/mol. The first-order valence-electron chi connectivity index (χ1n) is 18.0. The van der Waals surface area contributed by atoms with Crippen LogP contribution in [0.25, 0.3) is 90.9 Å². The molecule has 0 atom stereocenters. The van der Waals surface area contributed by atoms with Crippen LogP contribution in [0.2, 0.25) is 40.2 Å². The number of hydrogen-bond acceptors (Lipinski definition) is 6. The summed E-state index contributed by atoms with van der Waals surface area (Å²) in [5.41, 5.74) is 1.99. The van der Waals surface area contributed by atoms with Gasteiger partial charge in [0.1, 0.15) is 11.0 Å². The number of aromatic nitrogens is 4. The maximum absolute atomic E-state index is 13.2. The average Bonchev–Trinajstić information content (AvgIpc) is 4.05. The smallest absolute Gasteiger partial charge is 0.295 e. The molecule has 0 amide bonds. The van der Waals surface area contributed by atoms with Crippen LogP contribution in [0.5, 0.6) is 0 Å². The molecule has 7 aromatic rings. The molecule has 0 saturated carbocycles. The van der Waals surface area contributed by atoms with Crippen LogP contribution in [0.4, 0.5) is 11.4 Å². The molecule has 9 rings (SSSR count). The Morgan fingerprint density at radius 1 is 0.387 bits per heavy atom. The number of H-pyrrole nitrogens is 2. The van der Waals surface area contributed by atoms with Gasteiger partial charge in [0.2, 0.25) is 0 Å². The van der Waals surface area contributed by atoms with E-state index >= 15 is 0 Å². The normalized spacial score (nSPS) is 12.0. The molecule has 3 aromatic heterocycles. The molecule has 0 aliphatic carbocycles. The molecule has 2 N–H and O–H groups in total. The number of benzene rings is 4. The average molecular weight is 980 g/mol. The standard InChI is InChI=1S/C44H20Cl8N6O4/c45-19-5-1-6-20(46)35(19)39-27-13-15-29(53-27)41(37-23(49)9-3-10-24(37)50)44-34(58(61)62)18-32(56-44)40(36-21(47)7-2-8-22(36)48)28-14-16-30(54-28)42(38-25(51)11-4-12-26(38)52)43-33(57(59)60)17-31(39)55-43/h1-18,55-56H. The summed E-state index contributed by atoms with van der Waals surface area (Å²) in [6, 6.07) is 22.0. The van der Waals surface area contributed by atoms with E-state index < -0.39 is 9.85 Å². The van der Waals surface area contributed by atoms with E-state index in [1.165, 1.54) is 12.1 Å². The van der Waals surface area contributed by atoms with Crippen molar-refractivity contribution < 1.29 is 9.85 Å². The Bertz CT molecular complexity index is 3080. The van der Waals surface area contributed by atoms with Crippen molar-refractivity contribution in [2.45, 2.75) is 0 Å². The van der Waals surface area contributed by atoms with E-state index in [4.69, 9.17) is 103 Å². The third-order valence-electron chi connectivity index (χ3n) is 10.2. The molecule has 2 aliphatic rings. The zero-order valence-corrected chi connectivity index (χ0v) is 36.9. The third kappa shape index (κ3) is 7.10. The maximum Gasteiger partial charge on any atom is 0.295 e. The summed E-state index contributed by atoms with van der Waals surface area (Å²) in [6.07, 6.45) is 6.46. The van der Waals surface area contributed by atoms with Crippen molar-refractivity contribution in [1.82, 2.24) is 19.9 Å². The molecule has 2 aliphatic heterocycles. The number of fused-ring (bicyclic) bond motifs is 8. The van der Waals surface area contributed by atoms with Crippen molar-refractivity contribution in [2.24, 2.45) is 0 Å². The Morgan fingerprint density at radius 3 is 0.887 bits per heavy atom. The summed E-state index contributed by atoms with van der Waals surface area (Å²) in [5, 5.41) is 27.8. The lowest BCUT2D eigenvalue weighted by Gasteiger charge is -2.11. The van der Waals surface area contributed by atoms with Gasteiger partial charge >= 0.3 is 0 Å². The molecule has 62 heavy (non-hydrogen) atoms.